The molecule has 5 nitrogen and oxygen atoms in total. The SMILES string of the molecule is COc1cc(OC)c(CNC(CO)C(C)C)c(OC)c1. The highest BCUT2D eigenvalue weighted by Gasteiger charge is 2.16. The molecule has 0 heterocycles. The smallest absolute Gasteiger partial charge is 0.130 e. The largest absolute Gasteiger partial charge is 0.496 e. The molecule has 0 fully saturated rings. The van der Waals surface area contributed by atoms with Crippen LogP contribution in [0.4, 0.5) is 0 Å². The van der Waals surface area contributed by atoms with Gasteiger partial charge in [0.05, 0.1) is 33.5 Å². The number of aliphatic hydroxyl groups is 1. The van der Waals surface area contributed by atoms with Crippen molar-refractivity contribution in [2.24, 2.45) is 5.92 Å². The van der Waals surface area contributed by atoms with Crippen molar-refractivity contribution in [3.05, 3.63) is 17.7 Å². The normalized spacial score (nSPS) is 12.3. The Hall–Kier alpha value is -1.46. The molecule has 0 radical (unpaired) electrons. The number of methoxy groups -OCH3 is 3. The minimum atomic E-state index is 0.0338. The van der Waals surface area contributed by atoms with E-state index in [1.54, 1.807) is 21.3 Å². The molecule has 0 saturated heterocycles. The van der Waals surface area contributed by atoms with Crippen LogP contribution in [0.3, 0.4) is 0 Å². The van der Waals surface area contributed by atoms with Crippen molar-refractivity contribution in [3.63, 3.8) is 0 Å². The predicted molar refractivity (Wildman–Crippen MR) is 78.6 cm³/mol. The lowest BCUT2D eigenvalue weighted by molar-refractivity contribution is 0.209. The summed E-state index contributed by atoms with van der Waals surface area (Å²) in [6.07, 6.45) is 0. The summed E-state index contributed by atoms with van der Waals surface area (Å²) in [7, 11) is 4.83. The van der Waals surface area contributed by atoms with Crippen LogP contribution < -0.4 is 19.5 Å². The average molecular weight is 283 g/mol. The first-order valence-corrected chi connectivity index (χ1v) is 6.70. The van der Waals surface area contributed by atoms with Gasteiger partial charge in [-0.2, -0.15) is 0 Å². The Balaban J connectivity index is 2.97. The van der Waals surface area contributed by atoms with Gasteiger partial charge in [0, 0.05) is 24.7 Å². The van der Waals surface area contributed by atoms with Gasteiger partial charge in [-0.15, -0.1) is 0 Å². The van der Waals surface area contributed by atoms with Gasteiger partial charge in [0.15, 0.2) is 0 Å². The molecule has 1 rings (SSSR count). The van der Waals surface area contributed by atoms with Gasteiger partial charge in [0.1, 0.15) is 17.2 Å². The highest BCUT2D eigenvalue weighted by molar-refractivity contribution is 5.50. The first-order chi connectivity index (χ1) is 9.57. The third kappa shape index (κ3) is 4.02. The topological polar surface area (TPSA) is 60.0 Å². The minimum Gasteiger partial charge on any atom is -0.496 e. The molecule has 0 bridgehead atoms. The van der Waals surface area contributed by atoms with Crippen LogP contribution in [0.25, 0.3) is 0 Å². The monoisotopic (exact) mass is 283 g/mol. The highest BCUT2D eigenvalue weighted by Crippen LogP contribution is 2.34. The van der Waals surface area contributed by atoms with Gasteiger partial charge in [-0.25, -0.2) is 0 Å². The minimum absolute atomic E-state index is 0.0338. The summed E-state index contributed by atoms with van der Waals surface area (Å²) in [4.78, 5) is 0. The number of hydrogen-bond acceptors (Lipinski definition) is 5. The van der Waals surface area contributed by atoms with Gasteiger partial charge in [-0.05, 0) is 5.92 Å². The Morgan fingerprint density at radius 2 is 1.60 bits per heavy atom. The van der Waals surface area contributed by atoms with Crippen LogP contribution in [0.5, 0.6) is 17.2 Å². The second kappa shape index (κ2) is 7.97. The molecule has 2 N–H and O–H groups in total. The maximum atomic E-state index is 9.36. The highest BCUT2D eigenvalue weighted by atomic mass is 16.5. The fraction of sp³-hybridized carbons (Fsp3) is 0.600. The van der Waals surface area contributed by atoms with Gasteiger partial charge in [-0.1, -0.05) is 13.8 Å². The van der Waals surface area contributed by atoms with Crippen LogP contribution in [0.1, 0.15) is 19.4 Å². The quantitative estimate of drug-likeness (QED) is 0.762. The third-order valence-electron chi connectivity index (χ3n) is 3.36. The molecule has 5 heteroatoms. The van der Waals surface area contributed by atoms with Crippen LogP contribution >= 0.6 is 0 Å². The lowest BCUT2D eigenvalue weighted by Gasteiger charge is -2.22. The van der Waals surface area contributed by atoms with E-state index in [1.807, 2.05) is 12.1 Å². The molecule has 0 spiro atoms. The van der Waals surface area contributed by atoms with Gasteiger partial charge >= 0.3 is 0 Å². The fourth-order valence-electron chi connectivity index (χ4n) is 2.00. The summed E-state index contributed by atoms with van der Waals surface area (Å²) >= 11 is 0. The van der Waals surface area contributed by atoms with Crippen LogP contribution in [0, 0.1) is 5.92 Å². The lowest BCUT2D eigenvalue weighted by atomic mass is 10.0. The van der Waals surface area contributed by atoms with E-state index in [0.29, 0.717) is 29.7 Å². The van der Waals surface area contributed by atoms with Crippen LogP contribution in [-0.2, 0) is 6.54 Å². The fourth-order valence-corrected chi connectivity index (χ4v) is 2.00. The van der Waals surface area contributed by atoms with E-state index in [1.165, 1.54) is 0 Å². The molecule has 0 saturated carbocycles. The summed E-state index contributed by atoms with van der Waals surface area (Å²) in [6, 6.07) is 3.68. The number of nitrogens with one attached hydrogen (secondary N) is 1. The number of rotatable bonds is 8. The molecule has 0 aliphatic carbocycles. The third-order valence-corrected chi connectivity index (χ3v) is 3.36. The molecule has 1 aromatic carbocycles. The van der Waals surface area contributed by atoms with E-state index in [0.717, 1.165) is 5.56 Å². The molecule has 20 heavy (non-hydrogen) atoms. The standard InChI is InChI=1S/C15H25NO4/c1-10(2)13(9-17)16-8-12-14(19-4)6-11(18-3)7-15(12)20-5/h6-7,10,13,16-17H,8-9H2,1-5H3. The zero-order valence-corrected chi connectivity index (χ0v) is 12.9. The Bertz CT molecular complexity index is 395. The van der Waals surface area contributed by atoms with Crippen LogP contribution in [0.2, 0.25) is 0 Å². The van der Waals surface area contributed by atoms with E-state index in [2.05, 4.69) is 19.2 Å². The van der Waals surface area contributed by atoms with Gasteiger partial charge in [-0.3, -0.25) is 0 Å². The Kier molecular flexibility index (Phi) is 6.61. The number of aliphatic hydroxyl groups excluding tert-OH is 1. The molecule has 1 unspecified atom stereocenters. The molecular formula is C15H25NO4. The molecule has 114 valence electrons. The summed E-state index contributed by atoms with van der Waals surface area (Å²) in [5.74, 6) is 2.43. The first kappa shape index (κ1) is 16.6. The number of benzene rings is 1. The Morgan fingerprint density at radius 3 is 1.95 bits per heavy atom. The van der Waals surface area contributed by atoms with Crippen molar-refractivity contribution in [1.82, 2.24) is 5.32 Å². The second-order valence-electron chi connectivity index (χ2n) is 4.92. The van der Waals surface area contributed by atoms with Gasteiger partial charge < -0.3 is 24.6 Å². The van der Waals surface area contributed by atoms with Crippen LogP contribution in [-0.4, -0.2) is 39.1 Å². The van der Waals surface area contributed by atoms with E-state index >= 15 is 0 Å². The summed E-state index contributed by atoms with van der Waals surface area (Å²) < 4.78 is 16.0. The predicted octanol–water partition coefficient (Wildman–Crippen LogP) is 1.82. The molecule has 1 aromatic rings. The molecule has 0 aliphatic heterocycles. The molecule has 0 aromatic heterocycles. The van der Waals surface area contributed by atoms with Crippen molar-refractivity contribution in [3.8, 4) is 17.2 Å². The number of ether oxygens (including phenoxy) is 3. The Morgan fingerprint density at radius 1 is 1.05 bits per heavy atom. The van der Waals surface area contributed by atoms with Gasteiger partial charge in [0.2, 0.25) is 0 Å². The van der Waals surface area contributed by atoms with Crippen LogP contribution in [0.15, 0.2) is 12.1 Å². The van der Waals surface area contributed by atoms with Crippen molar-refractivity contribution in [2.45, 2.75) is 26.4 Å². The molecule has 0 amide bonds. The second-order valence-corrected chi connectivity index (χ2v) is 4.92. The van der Waals surface area contributed by atoms with Crippen molar-refractivity contribution in [2.75, 3.05) is 27.9 Å². The van der Waals surface area contributed by atoms with Gasteiger partial charge in [0.25, 0.3) is 0 Å². The number of hydrogen-bond donors (Lipinski definition) is 2. The first-order valence-electron chi connectivity index (χ1n) is 6.70. The zero-order chi connectivity index (χ0) is 15.1. The Labute approximate surface area is 120 Å². The maximum absolute atomic E-state index is 9.36. The zero-order valence-electron chi connectivity index (χ0n) is 12.9. The summed E-state index contributed by atoms with van der Waals surface area (Å²) in [6.45, 7) is 4.78. The van der Waals surface area contributed by atoms with E-state index < -0.39 is 0 Å². The summed E-state index contributed by atoms with van der Waals surface area (Å²) in [5.41, 5.74) is 0.912. The van der Waals surface area contributed by atoms with Crippen molar-refractivity contribution < 1.29 is 19.3 Å². The lowest BCUT2D eigenvalue weighted by Crippen LogP contribution is -2.36. The molecule has 0 aliphatic rings. The average Bonchev–Trinajstić information content (AvgIpc) is 2.46. The summed E-state index contributed by atoms with van der Waals surface area (Å²) in [5, 5.41) is 12.7. The molecule has 1 atom stereocenters. The van der Waals surface area contributed by atoms with Crippen molar-refractivity contribution >= 4 is 0 Å². The van der Waals surface area contributed by atoms with E-state index in [-0.39, 0.29) is 12.6 Å². The van der Waals surface area contributed by atoms with E-state index in [4.69, 9.17) is 14.2 Å². The molecular weight excluding hydrogens is 258 g/mol. The maximum Gasteiger partial charge on any atom is 0.130 e. The van der Waals surface area contributed by atoms with E-state index in [9.17, 15) is 5.11 Å². The van der Waals surface area contributed by atoms with Crippen molar-refractivity contribution in [1.29, 1.82) is 0 Å².